The van der Waals surface area contributed by atoms with Crippen molar-refractivity contribution in [1.82, 2.24) is 25.1 Å². The Bertz CT molecular complexity index is 577. The number of rotatable bonds is 5. The molecule has 0 saturated heterocycles. The molecule has 0 fully saturated rings. The Morgan fingerprint density at radius 1 is 1.45 bits per heavy atom. The van der Waals surface area contributed by atoms with Crippen molar-refractivity contribution in [1.29, 1.82) is 0 Å². The van der Waals surface area contributed by atoms with E-state index >= 15 is 0 Å². The summed E-state index contributed by atoms with van der Waals surface area (Å²) < 4.78 is 1.47. The molecular formula is C13H18N6O. The molecule has 106 valence electrons. The van der Waals surface area contributed by atoms with E-state index in [1.165, 1.54) is 4.68 Å². The number of amides is 1. The number of nitrogens with one attached hydrogen (secondary N) is 1. The van der Waals surface area contributed by atoms with Gasteiger partial charge in [0.25, 0.3) is 5.91 Å². The molecule has 2 aromatic heterocycles. The normalized spacial score (nSPS) is 12.2. The molecule has 0 aliphatic rings. The van der Waals surface area contributed by atoms with Crippen LogP contribution in [-0.2, 0) is 6.42 Å². The highest BCUT2D eigenvalue weighted by atomic mass is 16.1. The van der Waals surface area contributed by atoms with Crippen molar-refractivity contribution < 1.29 is 4.79 Å². The average molecular weight is 274 g/mol. The molecule has 7 nitrogen and oxygen atoms in total. The summed E-state index contributed by atoms with van der Waals surface area (Å²) in [6.07, 6.45) is 6.78. The lowest BCUT2D eigenvalue weighted by atomic mass is 10.1. The first-order chi connectivity index (χ1) is 9.63. The molecule has 0 aliphatic heterocycles. The van der Waals surface area contributed by atoms with Gasteiger partial charge in [-0.25, -0.2) is 14.6 Å². The number of nitrogens with two attached hydrogens (primary N) is 1. The Labute approximate surface area is 117 Å². The van der Waals surface area contributed by atoms with Crippen LogP contribution in [0.3, 0.4) is 0 Å². The lowest BCUT2D eigenvalue weighted by molar-refractivity contribution is 0.0957. The van der Waals surface area contributed by atoms with Gasteiger partial charge in [-0.2, -0.15) is 5.10 Å². The summed E-state index contributed by atoms with van der Waals surface area (Å²) in [5.74, 6) is 0.184. The van der Waals surface area contributed by atoms with Gasteiger partial charge in [-0.1, -0.05) is 6.92 Å². The number of carbonyl (C=O) groups excluding carboxylic acids is 1. The van der Waals surface area contributed by atoms with Crippen LogP contribution in [0.4, 0.5) is 0 Å². The van der Waals surface area contributed by atoms with Crippen molar-refractivity contribution in [2.24, 2.45) is 5.73 Å². The molecule has 2 rings (SSSR count). The lowest BCUT2D eigenvalue weighted by Gasteiger charge is -2.08. The van der Waals surface area contributed by atoms with Crippen molar-refractivity contribution in [2.45, 2.75) is 25.8 Å². The van der Waals surface area contributed by atoms with Gasteiger partial charge in [-0.3, -0.25) is 4.79 Å². The second-order valence-electron chi connectivity index (χ2n) is 4.49. The molecule has 0 saturated carbocycles. The summed E-state index contributed by atoms with van der Waals surface area (Å²) in [4.78, 5) is 19.9. The first-order valence-electron chi connectivity index (χ1n) is 6.48. The Balaban J connectivity index is 2.13. The molecule has 1 amide bonds. The minimum Gasteiger partial charge on any atom is -0.354 e. The van der Waals surface area contributed by atoms with Gasteiger partial charge in [0.2, 0.25) is 5.95 Å². The van der Waals surface area contributed by atoms with Crippen molar-refractivity contribution >= 4 is 5.91 Å². The molecule has 0 bridgehead atoms. The van der Waals surface area contributed by atoms with Crippen LogP contribution in [0, 0.1) is 0 Å². The van der Waals surface area contributed by atoms with Crippen molar-refractivity contribution in [3.8, 4) is 5.95 Å². The maximum Gasteiger partial charge on any atom is 0.271 e. The van der Waals surface area contributed by atoms with Gasteiger partial charge in [-0.15, -0.1) is 0 Å². The van der Waals surface area contributed by atoms with Gasteiger partial charge in [0, 0.05) is 31.7 Å². The van der Waals surface area contributed by atoms with Gasteiger partial charge in [0.1, 0.15) is 0 Å². The zero-order valence-corrected chi connectivity index (χ0v) is 11.6. The minimum atomic E-state index is -0.241. The van der Waals surface area contributed by atoms with E-state index in [0.29, 0.717) is 11.6 Å². The van der Waals surface area contributed by atoms with Crippen LogP contribution in [-0.4, -0.2) is 38.7 Å². The monoisotopic (exact) mass is 274 g/mol. The summed E-state index contributed by atoms with van der Waals surface area (Å²) in [7, 11) is 1.56. The van der Waals surface area contributed by atoms with Crippen LogP contribution in [0.25, 0.3) is 5.95 Å². The van der Waals surface area contributed by atoms with E-state index in [1.807, 2.05) is 6.92 Å². The highest BCUT2D eigenvalue weighted by Gasteiger charge is 2.09. The van der Waals surface area contributed by atoms with E-state index in [4.69, 9.17) is 5.73 Å². The molecule has 0 spiro atoms. The van der Waals surface area contributed by atoms with Crippen LogP contribution in [0.1, 0.15) is 29.4 Å². The maximum atomic E-state index is 11.4. The summed E-state index contributed by atoms with van der Waals surface area (Å²) in [5, 5.41) is 6.63. The van der Waals surface area contributed by atoms with E-state index in [0.717, 1.165) is 18.4 Å². The number of hydrogen-bond donors (Lipinski definition) is 2. The molecule has 1 atom stereocenters. The van der Waals surface area contributed by atoms with Crippen molar-refractivity contribution in [3.05, 3.63) is 35.9 Å². The van der Waals surface area contributed by atoms with E-state index in [-0.39, 0.29) is 11.9 Å². The highest BCUT2D eigenvalue weighted by molar-refractivity contribution is 5.91. The second kappa shape index (κ2) is 6.25. The van der Waals surface area contributed by atoms with Crippen LogP contribution in [0.15, 0.2) is 24.7 Å². The second-order valence-corrected chi connectivity index (χ2v) is 4.49. The first-order valence-corrected chi connectivity index (χ1v) is 6.48. The Hall–Kier alpha value is -2.28. The molecule has 0 aliphatic carbocycles. The lowest BCUT2D eigenvalue weighted by Crippen LogP contribution is -2.21. The molecule has 7 heteroatoms. The van der Waals surface area contributed by atoms with Gasteiger partial charge < -0.3 is 11.1 Å². The third-order valence-electron chi connectivity index (χ3n) is 2.97. The predicted molar refractivity (Wildman–Crippen MR) is 74.5 cm³/mol. The Kier molecular flexibility index (Phi) is 4.41. The quantitative estimate of drug-likeness (QED) is 0.817. The minimum absolute atomic E-state index is 0.119. The fourth-order valence-electron chi connectivity index (χ4n) is 1.70. The van der Waals surface area contributed by atoms with Crippen molar-refractivity contribution in [3.63, 3.8) is 0 Å². The van der Waals surface area contributed by atoms with Gasteiger partial charge in [-0.05, 0) is 24.5 Å². The molecule has 1 unspecified atom stereocenters. The molecule has 2 heterocycles. The summed E-state index contributed by atoms with van der Waals surface area (Å²) in [6, 6.07) is 1.73. The van der Waals surface area contributed by atoms with Gasteiger partial charge >= 0.3 is 0 Å². The molecular weight excluding hydrogens is 256 g/mol. The Morgan fingerprint density at radius 3 is 2.75 bits per heavy atom. The number of aromatic nitrogens is 4. The number of hydrogen-bond acceptors (Lipinski definition) is 5. The highest BCUT2D eigenvalue weighted by Crippen LogP contribution is 2.05. The van der Waals surface area contributed by atoms with Crippen LogP contribution in [0.2, 0.25) is 0 Å². The first kappa shape index (κ1) is 14.1. The summed E-state index contributed by atoms with van der Waals surface area (Å²) in [6.45, 7) is 2.05. The van der Waals surface area contributed by atoms with Crippen LogP contribution in [0.5, 0.6) is 0 Å². The summed E-state index contributed by atoms with van der Waals surface area (Å²) >= 11 is 0. The van der Waals surface area contributed by atoms with Gasteiger partial charge in [0.15, 0.2) is 5.69 Å². The molecule has 3 N–H and O–H groups in total. The van der Waals surface area contributed by atoms with Crippen LogP contribution >= 0.6 is 0 Å². The molecule has 0 radical (unpaired) electrons. The topological polar surface area (TPSA) is 98.7 Å². The van der Waals surface area contributed by atoms with Crippen LogP contribution < -0.4 is 11.1 Å². The standard InChI is InChI=1S/C13H18N6O/c1-3-10(14)6-9-7-16-13(17-8-9)19-5-4-11(18-19)12(20)15-2/h4-5,7-8,10H,3,6,14H2,1-2H3,(H,15,20). The third kappa shape index (κ3) is 3.18. The van der Waals surface area contributed by atoms with Crippen molar-refractivity contribution in [2.75, 3.05) is 7.05 Å². The SMILES string of the molecule is CCC(N)Cc1cnc(-n2ccc(C(=O)NC)n2)nc1. The predicted octanol–water partition coefficient (Wildman–Crippen LogP) is 0.302. The zero-order chi connectivity index (χ0) is 14.5. The van der Waals surface area contributed by atoms with Gasteiger partial charge in [0.05, 0.1) is 0 Å². The fraction of sp³-hybridized carbons (Fsp3) is 0.385. The van der Waals surface area contributed by atoms with E-state index in [2.05, 4.69) is 20.4 Å². The largest absolute Gasteiger partial charge is 0.354 e. The smallest absolute Gasteiger partial charge is 0.271 e. The Morgan fingerprint density at radius 2 is 2.15 bits per heavy atom. The maximum absolute atomic E-state index is 11.4. The molecule has 2 aromatic rings. The zero-order valence-electron chi connectivity index (χ0n) is 11.6. The number of nitrogens with zero attached hydrogens (tertiary/aromatic N) is 4. The van der Waals surface area contributed by atoms with E-state index < -0.39 is 0 Å². The average Bonchev–Trinajstić information content (AvgIpc) is 2.97. The molecule has 20 heavy (non-hydrogen) atoms. The fourth-order valence-corrected chi connectivity index (χ4v) is 1.70. The van der Waals surface area contributed by atoms with E-state index in [1.54, 1.807) is 31.7 Å². The third-order valence-corrected chi connectivity index (χ3v) is 2.97. The number of carbonyl (C=O) groups is 1. The van der Waals surface area contributed by atoms with E-state index in [9.17, 15) is 4.79 Å². The summed E-state index contributed by atoms with van der Waals surface area (Å²) in [5.41, 5.74) is 7.20. The molecule has 0 aromatic carbocycles.